The van der Waals surface area contributed by atoms with Gasteiger partial charge in [0.2, 0.25) is 5.91 Å². The van der Waals surface area contributed by atoms with Gasteiger partial charge in [0.1, 0.15) is 11.6 Å². The van der Waals surface area contributed by atoms with Crippen LogP contribution in [0, 0.1) is 5.92 Å². The molecule has 0 aromatic heterocycles. The van der Waals surface area contributed by atoms with Gasteiger partial charge in [0.25, 0.3) is 0 Å². The summed E-state index contributed by atoms with van der Waals surface area (Å²) in [5.41, 5.74) is -1.05. The number of hydrogen-bond donors (Lipinski definition) is 3. The van der Waals surface area contributed by atoms with E-state index in [0.29, 0.717) is 19.6 Å². The second kappa shape index (κ2) is 6.32. The summed E-state index contributed by atoms with van der Waals surface area (Å²) in [6, 6.07) is -1.05. The highest BCUT2D eigenvalue weighted by Crippen LogP contribution is 2.34. The minimum absolute atomic E-state index is 0.0862. The van der Waals surface area contributed by atoms with Gasteiger partial charge in [0.05, 0.1) is 18.8 Å². The Kier molecular flexibility index (Phi) is 4.81. The summed E-state index contributed by atoms with van der Waals surface area (Å²) in [6.45, 7) is 6.02. The maximum Gasteiger partial charge on any atom is 0.408 e. The van der Waals surface area contributed by atoms with Crippen LogP contribution in [-0.4, -0.2) is 48.4 Å². The van der Waals surface area contributed by atoms with E-state index in [1.54, 1.807) is 20.8 Å². The molecular weight excluding hydrogens is 306 g/mol. The molecule has 9 heteroatoms. The Morgan fingerprint density at radius 3 is 2.57 bits per heavy atom. The lowest BCUT2D eigenvalue weighted by molar-refractivity contribution is -0.147. The van der Waals surface area contributed by atoms with Crippen molar-refractivity contribution in [3.05, 3.63) is 0 Å². The first kappa shape index (κ1) is 17.5. The van der Waals surface area contributed by atoms with Crippen LogP contribution in [0.3, 0.4) is 0 Å². The van der Waals surface area contributed by atoms with E-state index in [2.05, 4.69) is 15.5 Å². The Bertz CT molecular complexity index is 497. The average molecular weight is 329 g/mol. The third-order valence-corrected chi connectivity index (χ3v) is 3.76. The third-order valence-electron chi connectivity index (χ3n) is 3.76. The topological polar surface area (TPSA) is 129 Å². The molecule has 23 heavy (non-hydrogen) atoms. The first-order valence-electron chi connectivity index (χ1n) is 7.44. The van der Waals surface area contributed by atoms with Gasteiger partial charge in [0, 0.05) is 5.92 Å². The molecule has 2 amide bonds. The van der Waals surface area contributed by atoms with Gasteiger partial charge >= 0.3 is 12.1 Å². The van der Waals surface area contributed by atoms with Crippen LogP contribution in [0.2, 0.25) is 0 Å². The summed E-state index contributed by atoms with van der Waals surface area (Å²) >= 11 is 0. The second-order valence-corrected chi connectivity index (χ2v) is 7.03. The van der Waals surface area contributed by atoms with Gasteiger partial charge < -0.3 is 24.9 Å². The Morgan fingerprint density at radius 2 is 2.13 bits per heavy atom. The van der Waals surface area contributed by atoms with Crippen LogP contribution in [0.1, 0.15) is 33.6 Å². The van der Waals surface area contributed by atoms with Crippen molar-refractivity contribution in [3.63, 3.8) is 0 Å². The van der Waals surface area contributed by atoms with Crippen molar-refractivity contribution in [1.82, 2.24) is 10.6 Å². The molecule has 2 heterocycles. The zero-order valence-corrected chi connectivity index (χ0v) is 13.5. The van der Waals surface area contributed by atoms with Gasteiger partial charge in [-0.25, -0.2) is 9.59 Å². The van der Waals surface area contributed by atoms with E-state index in [1.165, 1.54) is 0 Å². The standard InChI is InChI=1S/C14H23N3O6/c1-13(2,3)22-12(20)16-9(11(19)23-15)4-8-5-14(6-21-7-14)17-10(8)18/h8-9H,4-7,15H2,1-3H3,(H,16,20)(H,17,18)/t8?,9-/m0/s1. The number of hydrogen-bond acceptors (Lipinski definition) is 7. The predicted molar refractivity (Wildman–Crippen MR) is 77.9 cm³/mol. The summed E-state index contributed by atoms with van der Waals surface area (Å²) in [5, 5.41) is 5.29. The van der Waals surface area contributed by atoms with E-state index in [1.807, 2.05) is 0 Å². The maximum atomic E-state index is 12.0. The molecule has 0 saturated carbocycles. The lowest BCUT2D eigenvalue weighted by Crippen LogP contribution is -2.57. The van der Waals surface area contributed by atoms with E-state index in [4.69, 9.17) is 15.4 Å². The highest BCUT2D eigenvalue weighted by Gasteiger charge is 2.50. The summed E-state index contributed by atoms with van der Waals surface area (Å²) < 4.78 is 10.2. The number of amides is 2. The van der Waals surface area contributed by atoms with Crippen LogP contribution in [0.15, 0.2) is 0 Å². The van der Waals surface area contributed by atoms with Crippen molar-refractivity contribution in [3.8, 4) is 0 Å². The highest BCUT2D eigenvalue weighted by atomic mass is 16.7. The molecular formula is C14H23N3O6. The fourth-order valence-corrected chi connectivity index (χ4v) is 2.74. The molecule has 0 aromatic carbocycles. The summed E-state index contributed by atoms with van der Waals surface area (Å²) in [7, 11) is 0. The summed E-state index contributed by atoms with van der Waals surface area (Å²) in [5.74, 6) is 3.48. The smallest absolute Gasteiger partial charge is 0.408 e. The van der Waals surface area contributed by atoms with Crippen LogP contribution in [-0.2, 0) is 23.9 Å². The fraction of sp³-hybridized carbons (Fsp3) is 0.786. The maximum absolute atomic E-state index is 12.0. The minimum atomic E-state index is -1.05. The number of nitrogens with one attached hydrogen (secondary N) is 2. The van der Waals surface area contributed by atoms with Gasteiger partial charge in [-0.1, -0.05) is 0 Å². The first-order chi connectivity index (χ1) is 10.6. The van der Waals surface area contributed by atoms with E-state index in [-0.39, 0.29) is 17.9 Å². The SMILES string of the molecule is CC(C)(C)OC(=O)N[C@@H](CC1CC2(COC2)NC1=O)C(=O)ON. The van der Waals surface area contributed by atoms with Crippen LogP contribution < -0.4 is 16.5 Å². The molecule has 2 rings (SSSR count). The monoisotopic (exact) mass is 329 g/mol. The predicted octanol–water partition coefficient (Wildman–Crippen LogP) is -0.408. The van der Waals surface area contributed by atoms with E-state index in [9.17, 15) is 14.4 Å². The van der Waals surface area contributed by atoms with E-state index in [0.717, 1.165) is 0 Å². The van der Waals surface area contributed by atoms with Gasteiger partial charge in [0.15, 0.2) is 0 Å². The van der Waals surface area contributed by atoms with Crippen molar-refractivity contribution >= 4 is 18.0 Å². The lowest BCUT2D eigenvalue weighted by atomic mass is 9.88. The number of rotatable bonds is 4. The molecule has 0 bridgehead atoms. The summed E-state index contributed by atoms with van der Waals surface area (Å²) in [4.78, 5) is 39.9. The van der Waals surface area contributed by atoms with Gasteiger partial charge in [-0.05, 0) is 33.6 Å². The largest absolute Gasteiger partial charge is 0.444 e. The molecule has 4 N–H and O–H groups in total. The Morgan fingerprint density at radius 1 is 1.48 bits per heavy atom. The number of carbonyl (C=O) groups is 3. The molecule has 1 spiro atoms. The van der Waals surface area contributed by atoms with Crippen LogP contribution in [0.4, 0.5) is 4.79 Å². The van der Waals surface area contributed by atoms with Gasteiger partial charge in [-0.3, -0.25) is 4.79 Å². The first-order valence-corrected chi connectivity index (χ1v) is 7.44. The quantitative estimate of drug-likeness (QED) is 0.598. The van der Waals surface area contributed by atoms with Crippen LogP contribution in [0.5, 0.6) is 0 Å². The van der Waals surface area contributed by atoms with E-state index < -0.39 is 29.6 Å². The normalized spacial score (nSPS) is 23.7. The van der Waals surface area contributed by atoms with Crippen LogP contribution >= 0.6 is 0 Å². The summed E-state index contributed by atoms with van der Waals surface area (Å²) in [6.07, 6.45) is -0.146. The van der Waals surface area contributed by atoms with Crippen molar-refractivity contribution < 1.29 is 28.7 Å². The molecule has 2 saturated heterocycles. The minimum Gasteiger partial charge on any atom is -0.444 e. The molecule has 2 atom stereocenters. The second-order valence-electron chi connectivity index (χ2n) is 7.03. The highest BCUT2D eigenvalue weighted by molar-refractivity contribution is 5.85. The average Bonchev–Trinajstić information content (AvgIpc) is 2.72. The molecule has 0 aromatic rings. The zero-order chi connectivity index (χ0) is 17.3. The number of alkyl carbamates (subject to hydrolysis) is 1. The van der Waals surface area contributed by atoms with Crippen molar-refractivity contribution in [1.29, 1.82) is 0 Å². The Balaban J connectivity index is 1.97. The Hall–Kier alpha value is -1.87. The molecule has 2 aliphatic heterocycles. The van der Waals surface area contributed by atoms with Gasteiger partial charge in [-0.2, -0.15) is 5.90 Å². The molecule has 0 aliphatic carbocycles. The molecule has 9 nitrogen and oxygen atoms in total. The third kappa shape index (κ3) is 4.32. The number of ether oxygens (including phenoxy) is 2. The molecule has 130 valence electrons. The zero-order valence-electron chi connectivity index (χ0n) is 13.5. The molecule has 2 fully saturated rings. The lowest BCUT2D eigenvalue weighted by Gasteiger charge is -2.37. The fourth-order valence-electron chi connectivity index (χ4n) is 2.74. The van der Waals surface area contributed by atoms with Crippen LogP contribution in [0.25, 0.3) is 0 Å². The molecule has 2 aliphatic rings. The molecule has 1 unspecified atom stereocenters. The van der Waals surface area contributed by atoms with Crippen molar-refractivity contribution in [2.45, 2.75) is 50.8 Å². The van der Waals surface area contributed by atoms with Gasteiger partial charge in [-0.15, -0.1) is 0 Å². The molecule has 0 radical (unpaired) electrons. The Labute approximate surface area is 134 Å². The van der Waals surface area contributed by atoms with E-state index >= 15 is 0 Å². The number of carbonyl (C=O) groups excluding carboxylic acids is 3. The van der Waals surface area contributed by atoms with Crippen molar-refractivity contribution in [2.75, 3.05) is 13.2 Å². The number of nitrogens with two attached hydrogens (primary N) is 1. The van der Waals surface area contributed by atoms with Crippen molar-refractivity contribution in [2.24, 2.45) is 11.8 Å².